The van der Waals surface area contributed by atoms with Gasteiger partial charge >= 0.3 is 6.09 Å². The summed E-state index contributed by atoms with van der Waals surface area (Å²) in [5.41, 5.74) is 2.38. The number of fused-ring (bicyclic) bond motifs is 3. The third-order valence-corrected chi connectivity index (χ3v) is 5.39. The molecule has 0 atom stereocenters. The first kappa shape index (κ1) is 20.9. The van der Waals surface area contributed by atoms with Crippen molar-refractivity contribution in [1.29, 1.82) is 0 Å². The fraction of sp³-hybridized carbons (Fsp3) is 0.375. The monoisotopic (exact) mass is 421 g/mol. The van der Waals surface area contributed by atoms with Crippen LogP contribution in [0.4, 0.5) is 4.79 Å². The van der Waals surface area contributed by atoms with E-state index in [1.54, 1.807) is 22.8 Å². The minimum Gasteiger partial charge on any atom is -0.496 e. The summed E-state index contributed by atoms with van der Waals surface area (Å²) >= 11 is 0. The second kappa shape index (κ2) is 8.06. The minimum absolute atomic E-state index is 0.139. The van der Waals surface area contributed by atoms with Gasteiger partial charge < -0.3 is 14.4 Å². The molecular formula is C24H27N3O4. The molecule has 1 aliphatic rings. The van der Waals surface area contributed by atoms with E-state index in [-0.39, 0.29) is 12.1 Å². The highest BCUT2D eigenvalue weighted by atomic mass is 16.6. The van der Waals surface area contributed by atoms with Gasteiger partial charge in [0.15, 0.2) is 0 Å². The van der Waals surface area contributed by atoms with Crippen molar-refractivity contribution in [3.8, 4) is 5.75 Å². The quantitative estimate of drug-likeness (QED) is 0.644. The molecule has 0 spiro atoms. The topological polar surface area (TPSA) is 73.7 Å². The lowest BCUT2D eigenvalue weighted by Crippen LogP contribution is -2.43. The van der Waals surface area contributed by atoms with Gasteiger partial charge in [0.05, 0.1) is 20.2 Å². The molecule has 7 heteroatoms. The zero-order valence-corrected chi connectivity index (χ0v) is 18.3. The lowest BCUT2D eigenvalue weighted by atomic mass is 9.97. The molecule has 7 nitrogen and oxygen atoms in total. The number of aromatic nitrogens is 2. The summed E-state index contributed by atoms with van der Waals surface area (Å²) in [5, 5.41) is 0.941. The Hall–Kier alpha value is -3.35. The lowest BCUT2D eigenvalue weighted by Gasteiger charge is -2.31. The van der Waals surface area contributed by atoms with Gasteiger partial charge in [0.1, 0.15) is 17.0 Å². The zero-order valence-electron chi connectivity index (χ0n) is 18.3. The Balaban J connectivity index is 1.80. The van der Waals surface area contributed by atoms with Gasteiger partial charge in [-0.05, 0) is 51.0 Å². The van der Waals surface area contributed by atoms with Crippen LogP contribution in [0.2, 0.25) is 0 Å². The molecule has 0 aliphatic carbocycles. The fourth-order valence-corrected chi connectivity index (χ4v) is 4.00. The van der Waals surface area contributed by atoms with Gasteiger partial charge in [0, 0.05) is 29.3 Å². The van der Waals surface area contributed by atoms with Crippen LogP contribution in [0.3, 0.4) is 0 Å². The Bertz CT molecular complexity index is 1190. The highest BCUT2D eigenvalue weighted by Crippen LogP contribution is 2.27. The first-order valence-electron chi connectivity index (χ1n) is 10.4. The minimum atomic E-state index is -0.589. The molecule has 0 fully saturated rings. The predicted octanol–water partition coefficient (Wildman–Crippen LogP) is 3.75. The Kier molecular flexibility index (Phi) is 5.43. The van der Waals surface area contributed by atoms with Gasteiger partial charge in [-0.25, -0.2) is 9.78 Å². The molecule has 0 radical (unpaired) electrons. The summed E-state index contributed by atoms with van der Waals surface area (Å²) in [5.74, 6) is 0.714. The van der Waals surface area contributed by atoms with E-state index in [2.05, 4.69) is 4.98 Å². The molecule has 0 saturated heterocycles. The molecule has 0 saturated carbocycles. The number of carbonyl (C=O) groups excluding carboxylic acids is 1. The Morgan fingerprint density at radius 3 is 2.65 bits per heavy atom. The zero-order chi connectivity index (χ0) is 22.2. The Morgan fingerprint density at radius 1 is 1.13 bits per heavy atom. The maximum Gasteiger partial charge on any atom is 0.410 e. The van der Waals surface area contributed by atoms with Crippen molar-refractivity contribution in [3.05, 3.63) is 69.6 Å². The molecule has 3 heterocycles. The van der Waals surface area contributed by atoms with Gasteiger partial charge in [-0.15, -0.1) is 0 Å². The molecule has 31 heavy (non-hydrogen) atoms. The molecule has 1 amide bonds. The number of amides is 1. The van der Waals surface area contributed by atoms with Gasteiger partial charge in [-0.2, -0.15) is 0 Å². The number of methoxy groups -OCH3 is 1. The number of ether oxygens (including phenoxy) is 2. The van der Waals surface area contributed by atoms with Crippen molar-refractivity contribution in [2.75, 3.05) is 13.7 Å². The van der Waals surface area contributed by atoms with Crippen molar-refractivity contribution < 1.29 is 14.3 Å². The molecule has 0 unspecified atom stereocenters. The number of pyridine rings is 2. The van der Waals surface area contributed by atoms with Crippen LogP contribution in [-0.2, 0) is 24.2 Å². The van der Waals surface area contributed by atoms with E-state index in [1.165, 1.54) is 0 Å². The summed E-state index contributed by atoms with van der Waals surface area (Å²) in [6, 6.07) is 11.5. The fourth-order valence-electron chi connectivity index (χ4n) is 4.00. The largest absolute Gasteiger partial charge is 0.496 e. The number of rotatable bonds is 3. The molecule has 0 bridgehead atoms. The third kappa shape index (κ3) is 4.13. The number of benzene rings is 1. The maximum atomic E-state index is 13.6. The van der Waals surface area contributed by atoms with Gasteiger partial charge in [-0.1, -0.05) is 18.2 Å². The van der Waals surface area contributed by atoms with E-state index in [1.807, 2.05) is 57.2 Å². The molecular weight excluding hydrogens is 394 g/mol. The number of nitrogens with zero attached hydrogens (tertiary/aromatic N) is 3. The number of carbonyl (C=O) groups is 1. The van der Waals surface area contributed by atoms with Crippen LogP contribution in [0, 0.1) is 0 Å². The molecule has 1 aromatic carbocycles. The molecule has 2 aromatic heterocycles. The van der Waals surface area contributed by atoms with Crippen LogP contribution in [0.5, 0.6) is 5.75 Å². The first-order valence-corrected chi connectivity index (χ1v) is 10.4. The van der Waals surface area contributed by atoms with Crippen LogP contribution >= 0.6 is 0 Å². The van der Waals surface area contributed by atoms with Crippen molar-refractivity contribution in [3.63, 3.8) is 0 Å². The lowest BCUT2D eigenvalue weighted by molar-refractivity contribution is 0.0223. The van der Waals surface area contributed by atoms with E-state index in [0.717, 1.165) is 16.5 Å². The molecule has 0 N–H and O–H groups in total. The van der Waals surface area contributed by atoms with E-state index in [9.17, 15) is 9.59 Å². The number of hydrogen-bond donors (Lipinski definition) is 0. The van der Waals surface area contributed by atoms with Crippen molar-refractivity contribution in [2.24, 2.45) is 0 Å². The third-order valence-electron chi connectivity index (χ3n) is 5.39. The molecule has 162 valence electrons. The predicted molar refractivity (Wildman–Crippen MR) is 118 cm³/mol. The standard InChI is InChI=1S/C24H27N3O4/c1-24(2,3)31-23(29)26-13-11-17-18-9-7-12-25-21(18)27(22(28)19(17)15-26)14-16-8-5-6-10-20(16)30-4/h5-10,12H,11,13-15H2,1-4H3. The smallest absolute Gasteiger partial charge is 0.410 e. The second-order valence-electron chi connectivity index (χ2n) is 8.69. The SMILES string of the molecule is COc1ccccc1Cn1c(=O)c2c(c3cccnc31)CCN(C(=O)OC(C)(C)C)C2. The summed E-state index contributed by atoms with van der Waals surface area (Å²) in [4.78, 5) is 32.3. The van der Waals surface area contributed by atoms with E-state index in [4.69, 9.17) is 9.47 Å². The molecule has 3 aromatic rings. The highest BCUT2D eigenvalue weighted by Gasteiger charge is 2.29. The van der Waals surface area contributed by atoms with Crippen LogP contribution in [0.25, 0.3) is 11.0 Å². The van der Waals surface area contributed by atoms with Crippen LogP contribution in [0.1, 0.15) is 37.5 Å². The van der Waals surface area contributed by atoms with Gasteiger partial charge in [0.2, 0.25) is 0 Å². The van der Waals surface area contributed by atoms with Crippen LogP contribution in [-0.4, -0.2) is 39.8 Å². The Labute approximate surface area is 181 Å². The Morgan fingerprint density at radius 2 is 1.90 bits per heavy atom. The molecule has 1 aliphatic heterocycles. The number of para-hydroxylation sites is 1. The van der Waals surface area contributed by atoms with Gasteiger partial charge in [-0.3, -0.25) is 9.36 Å². The van der Waals surface area contributed by atoms with Crippen molar-refractivity contribution in [1.82, 2.24) is 14.5 Å². The normalized spacial score (nSPS) is 13.7. The number of hydrogen-bond acceptors (Lipinski definition) is 5. The second-order valence-corrected chi connectivity index (χ2v) is 8.69. The summed E-state index contributed by atoms with van der Waals surface area (Å²) in [6.45, 7) is 6.56. The van der Waals surface area contributed by atoms with E-state index in [0.29, 0.717) is 36.5 Å². The first-order chi connectivity index (χ1) is 14.8. The van der Waals surface area contributed by atoms with Crippen molar-refractivity contribution in [2.45, 2.75) is 45.9 Å². The maximum absolute atomic E-state index is 13.6. The summed E-state index contributed by atoms with van der Waals surface area (Å²) < 4.78 is 12.7. The average molecular weight is 421 g/mol. The van der Waals surface area contributed by atoms with E-state index < -0.39 is 11.7 Å². The average Bonchev–Trinajstić information content (AvgIpc) is 2.75. The summed E-state index contributed by atoms with van der Waals surface area (Å²) in [6.07, 6.45) is 1.88. The van der Waals surface area contributed by atoms with Crippen LogP contribution in [0.15, 0.2) is 47.4 Å². The molecule has 4 rings (SSSR count). The van der Waals surface area contributed by atoms with Gasteiger partial charge in [0.25, 0.3) is 5.56 Å². The van der Waals surface area contributed by atoms with Crippen LogP contribution < -0.4 is 10.3 Å². The highest BCUT2D eigenvalue weighted by molar-refractivity contribution is 5.81. The van der Waals surface area contributed by atoms with E-state index >= 15 is 0 Å². The van der Waals surface area contributed by atoms with Crippen molar-refractivity contribution >= 4 is 17.1 Å². The summed E-state index contributed by atoms with van der Waals surface area (Å²) in [7, 11) is 1.61.